The Kier molecular flexibility index (Phi) is 4.13. The Morgan fingerprint density at radius 1 is 1.11 bits per heavy atom. The molecule has 0 radical (unpaired) electrons. The van der Waals surface area contributed by atoms with Gasteiger partial charge in [0.25, 0.3) is 5.91 Å². The Hall–Kier alpha value is -2.73. The van der Waals surface area contributed by atoms with Gasteiger partial charge < -0.3 is 14.4 Å². The first-order valence-electron chi connectivity index (χ1n) is 9.66. The lowest BCUT2D eigenvalue weighted by atomic mass is 10.1. The van der Waals surface area contributed by atoms with Gasteiger partial charge in [0.1, 0.15) is 5.69 Å². The highest BCUT2D eigenvalue weighted by Gasteiger charge is 2.30. The van der Waals surface area contributed by atoms with Gasteiger partial charge >= 0.3 is 0 Å². The Labute approximate surface area is 158 Å². The summed E-state index contributed by atoms with van der Waals surface area (Å²) in [6.07, 6.45) is 6.33. The molecule has 27 heavy (non-hydrogen) atoms. The van der Waals surface area contributed by atoms with Gasteiger partial charge in [0.15, 0.2) is 0 Å². The van der Waals surface area contributed by atoms with Crippen LogP contribution in [-0.2, 0) is 6.54 Å². The van der Waals surface area contributed by atoms with Gasteiger partial charge in [0.2, 0.25) is 0 Å². The molecule has 0 bridgehead atoms. The topological polar surface area (TPSA) is 54.3 Å². The largest absolute Gasteiger partial charge is 0.329 e. The fourth-order valence-electron chi connectivity index (χ4n) is 4.30. The predicted octanol–water partition coefficient (Wildman–Crippen LogP) is 2.72. The molecular weight excluding hydrogens is 338 g/mol. The van der Waals surface area contributed by atoms with Gasteiger partial charge in [0, 0.05) is 24.7 Å². The van der Waals surface area contributed by atoms with Gasteiger partial charge in [-0.1, -0.05) is 24.3 Å². The first-order chi connectivity index (χ1) is 13.3. The number of carbonyl (C=O) groups excluding carboxylic acids is 1. The standard InChI is InChI=1S/C21H23N5O/c27-21(20-8-7-16-5-1-2-6-19(16)23-20)25-13-17-11-22-15-26(17)18(14-25)12-24-9-3-4-10-24/h1-2,5-8,11,15,18H,3-4,9-10,12-14H2. The fraction of sp³-hybridized carbons (Fsp3) is 0.381. The molecule has 6 heteroatoms. The number of pyridine rings is 1. The fourth-order valence-corrected chi connectivity index (χ4v) is 4.30. The molecule has 2 aromatic heterocycles. The van der Waals surface area contributed by atoms with Gasteiger partial charge in [-0.05, 0) is 38.1 Å². The van der Waals surface area contributed by atoms with Crippen LogP contribution < -0.4 is 0 Å². The quantitative estimate of drug-likeness (QED) is 0.720. The normalized spacial score (nSPS) is 20.1. The Morgan fingerprint density at radius 3 is 2.85 bits per heavy atom. The van der Waals surface area contributed by atoms with Gasteiger partial charge in [-0.3, -0.25) is 4.79 Å². The minimum Gasteiger partial charge on any atom is -0.329 e. The van der Waals surface area contributed by atoms with Crippen molar-refractivity contribution in [1.29, 1.82) is 0 Å². The molecule has 0 spiro atoms. The molecule has 4 heterocycles. The molecule has 1 amide bonds. The number of fused-ring (bicyclic) bond motifs is 2. The van der Waals surface area contributed by atoms with Crippen LogP contribution in [0.4, 0.5) is 0 Å². The third-order valence-electron chi connectivity index (χ3n) is 5.70. The maximum absolute atomic E-state index is 13.2. The van der Waals surface area contributed by atoms with Crippen molar-refractivity contribution >= 4 is 16.8 Å². The highest BCUT2D eigenvalue weighted by atomic mass is 16.2. The molecule has 1 atom stereocenters. The second-order valence-electron chi connectivity index (χ2n) is 7.53. The number of rotatable bonds is 3. The molecule has 0 saturated carbocycles. The number of carbonyl (C=O) groups is 1. The van der Waals surface area contributed by atoms with E-state index < -0.39 is 0 Å². The van der Waals surface area contributed by atoms with E-state index in [1.54, 1.807) is 0 Å². The summed E-state index contributed by atoms with van der Waals surface area (Å²) in [5.74, 6) is -0.000347. The Bertz CT molecular complexity index is 975. The van der Waals surface area contributed by atoms with E-state index in [0.717, 1.165) is 36.2 Å². The number of likely N-dealkylation sites (tertiary alicyclic amines) is 1. The van der Waals surface area contributed by atoms with E-state index in [2.05, 4.69) is 19.4 Å². The smallest absolute Gasteiger partial charge is 0.272 e. The number of imidazole rings is 1. The maximum Gasteiger partial charge on any atom is 0.272 e. The summed E-state index contributed by atoms with van der Waals surface area (Å²) in [5.41, 5.74) is 2.47. The summed E-state index contributed by atoms with van der Waals surface area (Å²) in [4.78, 5) is 26.5. The number of nitrogens with zero attached hydrogens (tertiary/aromatic N) is 5. The second kappa shape index (κ2) is 6.78. The van der Waals surface area contributed by atoms with Gasteiger partial charge in [-0.2, -0.15) is 0 Å². The van der Waals surface area contributed by atoms with E-state index in [4.69, 9.17) is 0 Å². The van der Waals surface area contributed by atoms with Crippen molar-refractivity contribution in [2.45, 2.75) is 25.4 Å². The number of aromatic nitrogens is 3. The Balaban J connectivity index is 1.41. The van der Waals surface area contributed by atoms with Crippen molar-refractivity contribution in [1.82, 2.24) is 24.3 Å². The molecule has 3 aromatic rings. The molecule has 5 rings (SSSR count). The third kappa shape index (κ3) is 3.10. The number of amides is 1. The highest BCUT2D eigenvalue weighted by Crippen LogP contribution is 2.25. The molecule has 1 unspecified atom stereocenters. The molecule has 0 N–H and O–H groups in total. The van der Waals surface area contributed by atoms with E-state index >= 15 is 0 Å². The van der Waals surface area contributed by atoms with E-state index in [0.29, 0.717) is 18.8 Å². The highest BCUT2D eigenvalue weighted by molar-refractivity contribution is 5.95. The average Bonchev–Trinajstić information content (AvgIpc) is 3.38. The van der Waals surface area contributed by atoms with Crippen LogP contribution in [0.25, 0.3) is 10.9 Å². The van der Waals surface area contributed by atoms with E-state index in [-0.39, 0.29) is 11.9 Å². The zero-order valence-corrected chi connectivity index (χ0v) is 15.3. The van der Waals surface area contributed by atoms with Gasteiger partial charge in [-0.25, -0.2) is 9.97 Å². The van der Waals surface area contributed by atoms with Crippen molar-refractivity contribution in [3.05, 3.63) is 60.3 Å². The van der Waals surface area contributed by atoms with E-state index in [1.165, 1.54) is 12.8 Å². The first kappa shape index (κ1) is 16.4. The van der Waals surface area contributed by atoms with Gasteiger partial charge in [-0.15, -0.1) is 0 Å². The summed E-state index contributed by atoms with van der Waals surface area (Å²) in [6.45, 7) is 4.57. The van der Waals surface area contributed by atoms with Crippen molar-refractivity contribution in [3.8, 4) is 0 Å². The van der Waals surface area contributed by atoms with Crippen LogP contribution in [0, 0.1) is 0 Å². The van der Waals surface area contributed by atoms with Crippen molar-refractivity contribution in [2.24, 2.45) is 0 Å². The van der Waals surface area contributed by atoms with E-state index in [9.17, 15) is 4.79 Å². The minimum absolute atomic E-state index is 0.000347. The lowest BCUT2D eigenvalue weighted by Crippen LogP contribution is -2.44. The van der Waals surface area contributed by atoms with Crippen LogP contribution in [0.1, 0.15) is 35.1 Å². The zero-order valence-electron chi connectivity index (χ0n) is 15.3. The molecule has 1 saturated heterocycles. The molecular formula is C21H23N5O. The van der Waals surface area contributed by atoms with Crippen LogP contribution >= 0.6 is 0 Å². The molecule has 2 aliphatic heterocycles. The summed E-state index contributed by atoms with van der Waals surface area (Å²) in [5, 5.41) is 1.05. The third-order valence-corrected chi connectivity index (χ3v) is 5.70. The molecule has 0 aliphatic carbocycles. The summed E-state index contributed by atoms with van der Waals surface area (Å²) < 4.78 is 2.25. The lowest BCUT2D eigenvalue weighted by molar-refractivity contribution is 0.0653. The zero-order chi connectivity index (χ0) is 18.2. The van der Waals surface area contributed by atoms with Crippen LogP contribution in [0.2, 0.25) is 0 Å². The molecule has 1 aromatic carbocycles. The first-order valence-corrected chi connectivity index (χ1v) is 9.66. The lowest BCUT2D eigenvalue weighted by Gasteiger charge is -2.36. The molecule has 138 valence electrons. The summed E-state index contributed by atoms with van der Waals surface area (Å²) >= 11 is 0. The summed E-state index contributed by atoms with van der Waals surface area (Å²) in [7, 11) is 0. The summed E-state index contributed by atoms with van der Waals surface area (Å²) in [6, 6.07) is 12.0. The van der Waals surface area contributed by atoms with Crippen LogP contribution in [-0.4, -0.2) is 56.4 Å². The molecule has 6 nitrogen and oxygen atoms in total. The molecule has 2 aliphatic rings. The number of para-hydroxylation sites is 1. The monoisotopic (exact) mass is 361 g/mol. The van der Waals surface area contributed by atoms with Crippen LogP contribution in [0.5, 0.6) is 0 Å². The van der Waals surface area contributed by atoms with Crippen molar-refractivity contribution in [2.75, 3.05) is 26.2 Å². The number of benzene rings is 1. The maximum atomic E-state index is 13.2. The average molecular weight is 361 g/mol. The number of hydrogen-bond acceptors (Lipinski definition) is 4. The molecule has 1 fully saturated rings. The van der Waals surface area contributed by atoms with E-state index in [1.807, 2.05) is 53.8 Å². The van der Waals surface area contributed by atoms with Crippen molar-refractivity contribution in [3.63, 3.8) is 0 Å². The SMILES string of the molecule is O=C(c1ccc2ccccc2n1)N1Cc2cncn2C(CN2CCCC2)C1. The second-order valence-corrected chi connectivity index (χ2v) is 7.53. The minimum atomic E-state index is -0.000347. The van der Waals surface area contributed by atoms with Crippen molar-refractivity contribution < 1.29 is 4.79 Å². The number of hydrogen-bond donors (Lipinski definition) is 0. The van der Waals surface area contributed by atoms with Crippen LogP contribution in [0.3, 0.4) is 0 Å². The van der Waals surface area contributed by atoms with Gasteiger partial charge in [0.05, 0.1) is 30.1 Å². The van der Waals surface area contributed by atoms with Crippen LogP contribution in [0.15, 0.2) is 48.9 Å². The predicted molar refractivity (Wildman–Crippen MR) is 103 cm³/mol. The Morgan fingerprint density at radius 2 is 1.96 bits per heavy atom.